The lowest BCUT2D eigenvalue weighted by Crippen LogP contribution is -1.97. The third-order valence-corrected chi connectivity index (χ3v) is 3.62. The van der Waals surface area contributed by atoms with Gasteiger partial charge in [0.25, 0.3) is 0 Å². The summed E-state index contributed by atoms with van der Waals surface area (Å²) in [5, 5.41) is 1.43. The summed E-state index contributed by atoms with van der Waals surface area (Å²) in [6, 6.07) is 7.77. The molecule has 18 heavy (non-hydrogen) atoms. The maximum atomic E-state index is 6.12. The van der Waals surface area contributed by atoms with E-state index < -0.39 is 0 Å². The first-order chi connectivity index (χ1) is 8.58. The Morgan fingerprint density at radius 2 is 1.83 bits per heavy atom. The second kappa shape index (κ2) is 5.69. The van der Waals surface area contributed by atoms with Gasteiger partial charge in [-0.05, 0) is 49.4 Å². The normalized spacial score (nSPS) is 10.7. The van der Waals surface area contributed by atoms with Crippen LogP contribution in [-0.2, 0) is 6.54 Å². The summed E-state index contributed by atoms with van der Waals surface area (Å²) in [5.41, 5.74) is 8.46. The van der Waals surface area contributed by atoms with Crippen LogP contribution in [0.15, 0.2) is 34.3 Å². The molecule has 0 bridgehead atoms. The lowest BCUT2D eigenvalue weighted by molar-refractivity contribution is 0.902. The highest BCUT2D eigenvalue weighted by atomic mass is 35.5. The van der Waals surface area contributed by atoms with Crippen molar-refractivity contribution < 1.29 is 0 Å². The number of benzene rings is 1. The minimum Gasteiger partial charge on any atom is -0.326 e. The third kappa shape index (κ3) is 3.22. The molecule has 0 aliphatic carbocycles. The van der Waals surface area contributed by atoms with Gasteiger partial charge in [-0.2, -0.15) is 0 Å². The zero-order chi connectivity index (χ0) is 13.1. The first-order valence-corrected chi connectivity index (χ1v) is 6.76. The van der Waals surface area contributed by atoms with E-state index in [1.54, 1.807) is 0 Å². The van der Waals surface area contributed by atoms with E-state index in [1.807, 2.05) is 38.1 Å². The highest BCUT2D eigenvalue weighted by Gasteiger charge is 2.05. The second-order valence-electron chi connectivity index (χ2n) is 3.99. The second-order valence-corrected chi connectivity index (χ2v) is 5.44. The Bertz CT molecular complexity index is 552. The average Bonchev–Trinajstić information content (AvgIpc) is 2.27. The highest BCUT2D eigenvalue weighted by Crippen LogP contribution is 2.28. The molecule has 0 aliphatic heterocycles. The molecule has 0 atom stereocenters. The standard InChI is InChI=1S/C13H14ClN3S/c1-8-5-9(2)17-13(16-8)18-11-4-3-10(7-15)12(14)6-11/h3-6H,7,15H2,1-2H3. The minimum absolute atomic E-state index is 0.448. The maximum Gasteiger partial charge on any atom is 0.192 e. The van der Waals surface area contributed by atoms with Crippen molar-refractivity contribution >= 4 is 23.4 Å². The van der Waals surface area contributed by atoms with Gasteiger partial charge in [0.1, 0.15) is 0 Å². The molecule has 5 heteroatoms. The molecule has 2 rings (SSSR count). The Hall–Kier alpha value is -1.10. The van der Waals surface area contributed by atoms with Crippen molar-refractivity contribution in [2.45, 2.75) is 30.4 Å². The van der Waals surface area contributed by atoms with Crippen LogP contribution in [0, 0.1) is 13.8 Å². The van der Waals surface area contributed by atoms with Gasteiger partial charge in [-0.25, -0.2) is 9.97 Å². The van der Waals surface area contributed by atoms with Crippen LogP contribution in [0.3, 0.4) is 0 Å². The fourth-order valence-electron chi connectivity index (χ4n) is 1.60. The van der Waals surface area contributed by atoms with Gasteiger partial charge >= 0.3 is 0 Å². The number of nitrogens with zero attached hydrogens (tertiary/aromatic N) is 2. The van der Waals surface area contributed by atoms with Gasteiger partial charge in [0.15, 0.2) is 5.16 Å². The summed E-state index contributed by atoms with van der Waals surface area (Å²) in [7, 11) is 0. The van der Waals surface area contributed by atoms with Crippen molar-refractivity contribution in [3.63, 3.8) is 0 Å². The van der Waals surface area contributed by atoms with Gasteiger partial charge in [-0.15, -0.1) is 0 Å². The predicted octanol–water partition coefficient (Wildman–Crippen LogP) is 3.36. The van der Waals surface area contributed by atoms with Gasteiger partial charge in [0.2, 0.25) is 0 Å². The SMILES string of the molecule is Cc1cc(C)nc(Sc2ccc(CN)c(Cl)c2)n1. The average molecular weight is 280 g/mol. The molecule has 0 unspecified atom stereocenters. The van der Waals surface area contributed by atoms with Gasteiger partial charge in [0, 0.05) is 27.9 Å². The number of hydrogen-bond acceptors (Lipinski definition) is 4. The van der Waals surface area contributed by atoms with Crippen LogP contribution in [0.4, 0.5) is 0 Å². The Kier molecular flexibility index (Phi) is 4.22. The Morgan fingerprint density at radius 1 is 1.17 bits per heavy atom. The minimum atomic E-state index is 0.448. The van der Waals surface area contributed by atoms with Crippen molar-refractivity contribution in [2.24, 2.45) is 5.73 Å². The van der Waals surface area contributed by atoms with Crippen LogP contribution in [0.5, 0.6) is 0 Å². The number of hydrogen-bond donors (Lipinski definition) is 1. The summed E-state index contributed by atoms with van der Waals surface area (Å²) in [5.74, 6) is 0. The predicted molar refractivity (Wildman–Crippen MR) is 75.0 cm³/mol. The molecule has 1 aromatic carbocycles. The summed E-state index contributed by atoms with van der Waals surface area (Å²) >= 11 is 7.63. The van der Waals surface area contributed by atoms with E-state index >= 15 is 0 Å². The summed E-state index contributed by atoms with van der Waals surface area (Å²) in [6.45, 7) is 4.37. The molecule has 0 fully saturated rings. The van der Waals surface area contributed by atoms with E-state index in [0.29, 0.717) is 11.6 Å². The number of halogens is 1. The van der Waals surface area contributed by atoms with Crippen LogP contribution in [0.2, 0.25) is 5.02 Å². The molecule has 94 valence electrons. The van der Waals surface area contributed by atoms with Crippen LogP contribution in [0.25, 0.3) is 0 Å². The van der Waals surface area contributed by atoms with E-state index in [9.17, 15) is 0 Å². The van der Waals surface area contributed by atoms with Gasteiger partial charge in [-0.1, -0.05) is 17.7 Å². The molecule has 1 heterocycles. The Labute approximate surface area is 116 Å². The van der Waals surface area contributed by atoms with Crippen LogP contribution in [-0.4, -0.2) is 9.97 Å². The molecular weight excluding hydrogens is 266 g/mol. The third-order valence-electron chi connectivity index (χ3n) is 2.42. The molecule has 2 N–H and O–H groups in total. The number of rotatable bonds is 3. The summed E-state index contributed by atoms with van der Waals surface area (Å²) in [6.07, 6.45) is 0. The number of nitrogens with two attached hydrogens (primary N) is 1. The van der Waals surface area contributed by atoms with Crippen LogP contribution >= 0.6 is 23.4 Å². The molecule has 0 aliphatic rings. The summed E-state index contributed by atoms with van der Waals surface area (Å²) in [4.78, 5) is 9.79. The van der Waals surface area contributed by atoms with E-state index in [1.165, 1.54) is 11.8 Å². The summed E-state index contributed by atoms with van der Waals surface area (Å²) < 4.78 is 0. The maximum absolute atomic E-state index is 6.12. The fraction of sp³-hybridized carbons (Fsp3) is 0.231. The van der Waals surface area contributed by atoms with Crippen molar-refractivity contribution in [2.75, 3.05) is 0 Å². The van der Waals surface area contributed by atoms with Crippen LogP contribution in [0.1, 0.15) is 17.0 Å². The molecule has 1 aromatic heterocycles. The number of aryl methyl sites for hydroxylation is 2. The quantitative estimate of drug-likeness (QED) is 0.876. The first-order valence-electron chi connectivity index (χ1n) is 5.57. The molecule has 3 nitrogen and oxygen atoms in total. The van der Waals surface area contributed by atoms with E-state index in [4.69, 9.17) is 17.3 Å². The Morgan fingerprint density at radius 3 is 2.39 bits per heavy atom. The molecule has 0 amide bonds. The lowest BCUT2D eigenvalue weighted by atomic mass is 10.2. The molecule has 0 saturated carbocycles. The topological polar surface area (TPSA) is 51.8 Å². The molecular formula is C13H14ClN3S. The van der Waals surface area contributed by atoms with Gasteiger partial charge in [-0.3, -0.25) is 0 Å². The van der Waals surface area contributed by atoms with Crippen molar-refractivity contribution in [1.82, 2.24) is 9.97 Å². The lowest BCUT2D eigenvalue weighted by Gasteiger charge is -2.05. The van der Waals surface area contributed by atoms with E-state index in [0.717, 1.165) is 27.0 Å². The largest absolute Gasteiger partial charge is 0.326 e. The van der Waals surface area contributed by atoms with Gasteiger partial charge < -0.3 is 5.73 Å². The zero-order valence-corrected chi connectivity index (χ0v) is 11.8. The van der Waals surface area contributed by atoms with Crippen LogP contribution < -0.4 is 5.73 Å². The molecule has 2 aromatic rings. The van der Waals surface area contributed by atoms with Crippen molar-refractivity contribution in [1.29, 1.82) is 0 Å². The molecule has 0 spiro atoms. The monoisotopic (exact) mass is 279 g/mol. The Balaban J connectivity index is 2.25. The fourth-order valence-corrected chi connectivity index (χ4v) is 2.83. The molecule has 0 saturated heterocycles. The van der Waals surface area contributed by atoms with E-state index in [-0.39, 0.29) is 0 Å². The van der Waals surface area contributed by atoms with E-state index in [2.05, 4.69) is 9.97 Å². The van der Waals surface area contributed by atoms with Gasteiger partial charge in [0.05, 0.1) is 0 Å². The smallest absolute Gasteiger partial charge is 0.192 e. The highest BCUT2D eigenvalue weighted by molar-refractivity contribution is 7.99. The van der Waals surface area contributed by atoms with Crippen molar-refractivity contribution in [3.05, 3.63) is 46.2 Å². The first kappa shape index (κ1) is 13.3. The number of aromatic nitrogens is 2. The zero-order valence-electron chi connectivity index (χ0n) is 10.3. The molecule has 0 radical (unpaired) electrons. The van der Waals surface area contributed by atoms with Crippen molar-refractivity contribution in [3.8, 4) is 0 Å².